The van der Waals surface area contributed by atoms with E-state index in [2.05, 4.69) is 5.32 Å². The molecule has 124 valence electrons. The van der Waals surface area contributed by atoms with E-state index in [0.717, 1.165) is 22.2 Å². The van der Waals surface area contributed by atoms with Crippen molar-refractivity contribution in [3.8, 4) is 0 Å². The topological polar surface area (TPSA) is 49.3 Å². The van der Waals surface area contributed by atoms with E-state index in [1.54, 1.807) is 6.92 Å². The standard InChI is InChI=1S/C18H15F2NO2S/c1-18(23,16-9-11-4-2-3-5-15(11)24-16)10-21-17(22)12-6-7-13(19)14(20)8-12/h2-9,23H,10H2,1H3,(H,21,22)/t18-/m1/s1. The van der Waals surface area contributed by atoms with Gasteiger partial charge in [0, 0.05) is 15.1 Å². The molecule has 1 amide bonds. The molecule has 0 spiro atoms. The number of nitrogens with one attached hydrogen (secondary N) is 1. The van der Waals surface area contributed by atoms with E-state index in [-0.39, 0.29) is 12.1 Å². The molecule has 2 N–H and O–H groups in total. The molecule has 2 aromatic carbocycles. The SMILES string of the molecule is C[C@@](O)(CNC(=O)c1ccc(F)c(F)c1)c1cc2ccccc2s1. The number of aliphatic hydroxyl groups is 1. The number of thiophene rings is 1. The van der Waals surface area contributed by atoms with Gasteiger partial charge in [-0.1, -0.05) is 18.2 Å². The van der Waals surface area contributed by atoms with Crippen LogP contribution >= 0.6 is 11.3 Å². The van der Waals surface area contributed by atoms with Crippen LogP contribution < -0.4 is 5.32 Å². The van der Waals surface area contributed by atoms with Crippen LogP contribution in [0.1, 0.15) is 22.2 Å². The number of hydrogen-bond donors (Lipinski definition) is 2. The number of carbonyl (C=O) groups is 1. The zero-order chi connectivity index (χ0) is 17.3. The molecule has 0 bridgehead atoms. The summed E-state index contributed by atoms with van der Waals surface area (Å²) >= 11 is 1.45. The van der Waals surface area contributed by atoms with Gasteiger partial charge in [0.25, 0.3) is 5.91 Å². The number of amides is 1. The van der Waals surface area contributed by atoms with Crippen LogP contribution in [0.25, 0.3) is 10.1 Å². The molecule has 3 nitrogen and oxygen atoms in total. The Morgan fingerprint density at radius 1 is 1.17 bits per heavy atom. The maximum absolute atomic E-state index is 13.2. The largest absolute Gasteiger partial charge is 0.383 e. The molecule has 0 fully saturated rings. The molecule has 6 heteroatoms. The summed E-state index contributed by atoms with van der Waals surface area (Å²) in [5, 5.41) is 14.2. The second kappa shape index (κ2) is 6.30. The fraction of sp³-hybridized carbons (Fsp3) is 0.167. The van der Waals surface area contributed by atoms with E-state index in [0.29, 0.717) is 4.88 Å². The predicted molar refractivity (Wildman–Crippen MR) is 90.1 cm³/mol. The lowest BCUT2D eigenvalue weighted by Gasteiger charge is -2.22. The minimum Gasteiger partial charge on any atom is -0.383 e. The van der Waals surface area contributed by atoms with Crippen LogP contribution in [-0.4, -0.2) is 17.6 Å². The summed E-state index contributed by atoms with van der Waals surface area (Å²) in [5.74, 6) is -2.67. The zero-order valence-corrected chi connectivity index (χ0v) is 13.7. The van der Waals surface area contributed by atoms with Gasteiger partial charge in [-0.25, -0.2) is 8.78 Å². The highest BCUT2D eigenvalue weighted by atomic mass is 32.1. The van der Waals surface area contributed by atoms with Crippen LogP contribution in [0.2, 0.25) is 0 Å². The van der Waals surface area contributed by atoms with Crippen LogP contribution in [0, 0.1) is 11.6 Å². The van der Waals surface area contributed by atoms with Gasteiger partial charge in [-0.3, -0.25) is 4.79 Å². The molecule has 0 unspecified atom stereocenters. The molecule has 0 saturated heterocycles. The molecular weight excluding hydrogens is 332 g/mol. The van der Waals surface area contributed by atoms with E-state index in [9.17, 15) is 18.7 Å². The van der Waals surface area contributed by atoms with Gasteiger partial charge < -0.3 is 10.4 Å². The van der Waals surface area contributed by atoms with Crippen LogP contribution in [-0.2, 0) is 5.60 Å². The van der Waals surface area contributed by atoms with Gasteiger partial charge in [0.1, 0.15) is 5.60 Å². The van der Waals surface area contributed by atoms with Gasteiger partial charge in [0.15, 0.2) is 11.6 Å². The first-order chi connectivity index (χ1) is 11.4. The van der Waals surface area contributed by atoms with Crippen LogP contribution in [0.4, 0.5) is 8.78 Å². The highest BCUT2D eigenvalue weighted by Gasteiger charge is 2.26. The molecule has 0 aliphatic heterocycles. The summed E-state index contributed by atoms with van der Waals surface area (Å²) in [6.07, 6.45) is 0. The second-order valence-corrected chi connectivity index (χ2v) is 6.82. The van der Waals surface area contributed by atoms with Gasteiger partial charge in [0.05, 0.1) is 6.54 Å². The number of hydrogen-bond acceptors (Lipinski definition) is 3. The maximum Gasteiger partial charge on any atom is 0.251 e. The second-order valence-electron chi connectivity index (χ2n) is 5.73. The van der Waals surface area contributed by atoms with Crippen molar-refractivity contribution < 1.29 is 18.7 Å². The van der Waals surface area contributed by atoms with Crippen molar-refractivity contribution in [3.63, 3.8) is 0 Å². The van der Waals surface area contributed by atoms with E-state index >= 15 is 0 Å². The number of halogens is 2. The molecule has 0 saturated carbocycles. The van der Waals surface area contributed by atoms with Gasteiger partial charge in [0.2, 0.25) is 0 Å². The Hall–Kier alpha value is -2.31. The molecule has 1 heterocycles. The average Bonchev–Trinajstić information content (AvgIpc) is 3.00. The Balaban J connectivity index is 1.74. The monoisotopic (exact) mass is 347 g/mol. The Bertz CT molecular complexity index is 872. The molecule has 0 aliphatic carbocycles. The Labute approximate surface area is 141 Å². The van der Waals surface area contributed by atoms with Crippen molar-refractivity contribution in [1.82, 2.24) is 5.32 Å². The van der Waals surface area contributed by atoms with Crippen molar-refractivity contribution in [2.75, 3.05) is 6.54 Å². The molecule has 24 heavy (non-hydrogen) atoms. The first-order valence-corrected chi connectivity index (χ1v) is 8.13. The minimum absolute atomic E-state index is 0.000964. The Morgan fingerprint density at radius 3 is 2.62 bits per heavy atom. The predicted octanol–water partition coefficient (Wildman–Crippen LogP) is 3.82. The smallest absolute Gasteiger partial charge is 0.251 e. The van der Waals surface area contributed by atoms with Crippen molar-refractivity contribution in [2.24, 2.45) is 0 Å². The summed E-state index contributed by atoms with van der Waals surface area (Å²) in [7, 11) is 0. The third-order valence-electron chi connectivity index (χ3n) is 3.73. The highest BCUT2D eigenvalue weighted by molar-refractivity contribution is 7.19. The summed E-state index contributed by atoms with van der Waals surface area (Å²) in [4.78, 5) is 12.8. The third kappa shape index (κ3) is 3.29. The summed E-state index contributed by atoms with van der Waals surface area (Å²) in [6, 6.07) is 12.5. The average molecular weight is 347 g/mol. The fourth-order valence-corrected chi connectivity index (χ4v) is 3.43. The number of fused-ring (bicyclic) bond motifs is 1. The fourth-order valence-electron chi connectivity index (χ4n) is 2.33. The molecule has 3 rings (SSSR count). The molecule has 0 aliphatic rings. The van der Waals surface area contributed by atoms with E-state index in [1.165, 1.54) is 17.4 Å². The van der Waals surface area contributed by atoms with E-state index in [1.807, 2.05) is 30.3 Å². The number of benzene rings is 2. The molecular formula is C18H15F2NO2S. The van der Waals surface area contributed by atoms with Crippen LogP contribution in [0.15, 0.2) is 48.5 Å². The Morgan fingerprint density at radius 2 is 1.92 bits per heavy atom. The zero-order valence-electron chi connectivity index (χ0n) is 12.8. The summed E-state index contributed by atoms with van der Waals surface area (Å²) in [5.41, 5.74) is -1.26. The summed E-state index contributed by atoms with van der Waals surface area (Å²) < 4.78 is 27.2. The lowest BCUT2D eigenvalue weighted by Crippen LogP contribution is -2.38. The van der Waals surface area contributed by atoms with E-state index < -0.39 is 23.1 Å². The maximum atomic E-state index is 13.2. The highest BCUT2D eigenvalue weighted by Crippen LogP contribution is 2.32. The molecule has 1 aromatic heterocycles. The number of rotatable bonds is 4. The minimum atomic E-state index is -1.27. The van der Waals surface area contributed by atoms with Crippen molar-refractivity contribution in [3.05, 3.63) is 70.6 Å². The van der Waals surface area contributed by atoms with Crippen LogP contribution in [0.3, 0.4) is 0 Å². The molecule has 0 radical (unpaired) electrons. The van der Waals surface area contributed by atoms with E-state index in [4.69, 9.17) is 0 Å². The number of carbonyl (C=O) groups excluding carboxylic acids is 1. The first kappa shape index (κ1) is 16.5. The quantitative estimate of drug-likeness (QED) is 0.754. The van der Waals surface area contributed by atoms with Crippen molar-refractivity contribution in [2.45, 2.75) is 12.5 Å². The first-order valence-electron chi connectivity index (χ1n) is 7.31. The lowest BCUT2D eigenvalue weighted by atomic mass is 10.0. The Kier molecular flexibility index (Phi) is 4.34. The van der Waals surface area contributed by atoms with Crippen molar-refractivity contribution in [1.29, 1.82) is 0 Å². The normalized spacial score (nSPS) is 13.7. The molecule has 3 aromatic rings. The van der Waals surface area contributed by atoms with Gasteiger partial charge in [-0.2, -0.15) is 0 Å². The van der Waals surface area contributed by atoms with Gasteiger partial charge >= 0.3 is 0 Å². The molecule has 1 atom stereocenters. The van der Waals surface area contributed by atoms with Gasteiger partial charge in [-0.15, -0.1) is 11.3 Å². The van der Waals surface area contributed by atoms with Crippen LogP contribution in [0.5, 0.6) is 0 Å². The summed E-state index contributed by atoms with van der Waals surface area (Å²) in [6.45, 7) is 1.56. The van der Waals surface area contributed by atoms with Crippen molar-refractivity contribution >= 4 is 27.3 Å². The third-order valence-corrected chi connectivity index (χ3v) is 5.10. The lowest BCUT2D eigenvalue weighted by molar-refractivity contribution is 0.0557. The van der Waals surface area contributed by atoms with Gasteiger partial charge in [-0.05, 0) is 42.6 Å².